The van der Waals surface area contributed by atoms with Crippen LogP contribution in [0.1, 0.15) is 18.4 Å². The highest BCUT2D eigenvalue weighted by molar-refractivity contribution is 7.89. The number of rotatable bonds is 6. The average Bonchev–Trinajstić information content (AvgIpc) is 2.95. The molecule has 6 nitrogen and oxygen atoms in total. The smallest absolute Gasteiger partial charge is 0.240 e. The molecule has 1 aromatic rings. The third kappa shape index (κ3) is 3.62. The second-order valence-corrected chi connectivity index (χ2v) is 7.09. The van der Waals surface area contributed by atoms with E-state index in [-0.39, 0.29) is 17.0 Å². The van der Waals surface area contributed by atoms with Crippen LogP contribution in [0.2, 0.25) is 0 Å². The maximum Gasteiger partial charge on any atom is 0.240 e. The Morgan fingerprint density at radius 2 is 2.32 bits per heavy atom. The fourth-order valence-corrected chi connectivity index (χ4v) is 3.70. The lowest BCUT2D eigenvalue weighted by molar-refractivity contribution is 0.122. The first-order valence-corrected chi connectivity index (χ1v) is 8.34. The van der Waals surface area contributed by atoms with Crippen molar-refractivity contribution in [2.24, 2.45) is 0 Å². The first-order chi connectivity index (χ1) is 10.4. The Labute approximate surface area is 129 Å². The van der Waals surface area contributed by atoms with E-state index in [4.69, 9.17) is 10.00 Å². The monoisotopic (exact) mass is 327 g/mol. The molecule has 0 radical (unpaired) electrons. The van der Waals surface area contributed by atoms with Crippen LogP contribution in [0.25, 0.3) is 0 Å². The van der Waals surface area contributed by atoms with Gasteiger partial charge in [0.25, 0.3) is 0 Å². The number of sulfonamides is 1. The van der Waals surface area contributed by atoms with Crippen molar-refractivity contribution in [3.63, 3.8) is 0 Å². The summed E-state index contributed by atoms with van der Waals surface area (Å²) in [5.74, 6) is -0.741. The number of nitrogens with one attached hydrogen (secondary N) is 2. The van der Waals surface area contributed by atoms with Crippen molar-refractivity contribution in [2.45, 2.75) is 23.3 Å². The van der Waals surface area contributed by atoms with E-state index in [1.807, 2.05) is 0 Å². The van der Waals surface area contributed by atoms with Crippen molar-refractivity contribution in [3.05, 3.63) is 29.6 Å². The highest BCUT2D eigenvalue weighted by Gasteiger charge is 2.34. The van der Waals surface area contributed by atoms with Crippen LogP contribution in [-0.2, 0) is 14.8 Å². The van der Waals surface area contributed by atoms with E-state index >= 15 is 0 Å². The van der Waals surface area contributed by atoms with Gasteiger partial charge in [0.05, 0.1) is 22.6 Å². The lowest BCUT2D eigenvalue weighted by atomic mass is 9.99. The number of methoxy groups -OCH3 is 1. The van der Waals surface area contributed by atoms with Gasteiger partial charge in [0.1, 0.15) is 11.9 Å². The Balaban J connectivity index is 2.16. The number of nitriles is 1. The molecule has 1 atom stereocenters. The molecule has 0 amide bonds. The summed E-state index contributed by atoms with van der Waals surface area (Å²) in [4.78, 5) is -0.129. The molecule has 1 aliphatic rings. The molecule has 8 heteroatoms. The SMILES string of the molecule is COCC1(CNS(=O)(=O)c2ccc(F)c(C#N)c2)CCCN1. The van der Waals surface area contributed by atoms with E-state index in [0.717, 1.165) is 37.6 Å². The Hall–Kier alpha value is -1.53. The van der Waals surface area contributed by atoms with Gasteiger partial charge >= 0.3 is 0 Å². The van der Waals surface area contributed by atoms with Gasteiger partial charge in [-0.2, -0.15) is 5.26 Å². The lowest BCUT2D eigenvalue weighted by Gasteiger charge is -2.28. The van der Waals surface area contributed by atoms with Gasteiger partial charge in [-0.05, 0) is 37.6 Å². The molecule has 2 rings (SSSR count). The maximum absolute atomic E-state index is 13.3. The second kappa shape index (κ2) is 6.71. The van der Waals surface area contributed by atoms with Crippen molar-refractivity contribution in [1.29, 1.82) is 5.26 Å². The zero-order valence-corrected chi connectivity index (χ0v) is 13.0. The highest BCUT2D eigenvalue weighted by atomic mass is 32.2. The molecule has 0 saturated carbocycles. The van der Waals surface area contributed by atoms with Gasteiger partial charge in [-0.1, -0.05) is 0 Å². The zero-order chi connectivity index (χ0) is 16.2. The molecule has 120 valence electrons. The molecular formula is C14H18FN3O3S. The Kier molecular flexibility index (Phi) is 5.13. The molecule has 0 aliphatic carbocycles. The minimum absolute atomic E-state index is 0.129. The quantitative estimate of drug-likeness (QED) is 0.804. The summed E-state index contributed by atoms with van der Waals surface area (Å²) in [5.41, 5.74) is -0.728. The first kappa shape index (κ1) is 16.8. The molecule has 22 heavy (non-hydrogen) atoms. The standard InChI is InChI=1S/C14H18FN3O3S/c1-21-10-14(5-2-6-17-14)9-18-22(19,20)12-3-4-13(15)11(7-12)8-16/h3-4,7,17-18H,2,5-6,9-10H2,1H3. The maximum atomic E-state index is 13.3. The van der Waals surface area contributed by atoms with Gasteiger partial charge in [-0.25, -0.2) is 17.5 Å². The van der Waals surface area contributed by atoms with Crippen LogP contribution in [0.15, 0.2) is 23.1 Å². The van der Waals surface area contributed by atoms with Gasteiger partial charge in [0, 0.05) is 13.7 Å². The summed E-state index contributed by atoms with van der Waals surface area (Å²) in [5, 5.41) is 12.1. The number of ether oxygens (including phenoxy) is 1. The van der Waals surface area contributed by atoms with Crippen LogP contribution < -0.4 is 10.0 Å². The van der Waals surface area contributed by atoms with Crippen LogP contribution in [0.4, 0.5) is 4.39 Å². The van der Waals surface area contributed by atoms with Crippen molar-refractivity contribution < 1.29 is 17.5 Å². The average molecular weight is 327 g/mol. The van der Waals surface area contributed by atoms with Gasteiger partial charge in [-0.3, -0.25) is 0 Å². The van der Waals surface area contributed by atoms with Crippen molar-refractivity contribution >= 4 is 10.0 Å². The molecule has 1 unspecified atom stereocenters. The highest BCUT2D eigenvalue weighted by Crippen LogP contribution is 2.20. The predicted molar refractivity (Wildman–Crippen MR) is 78.1 cm³/mol. The zero-order valence-electron chi connectivity index (χ0n) is 12.2. The molecule has 2 N–H and O–H groups in total. The summed E-state index contributed by atoms with van der Waals surface area (Å²) in [6, 6.07) is 4.78. The van der Waals surface area contributed by atoms with Crippen LogP contribution in [0.5, 0.6) is 0 Å². The second-order valence-electron chi connectivity index (χ2n) is 5.32. The molecule has 1 aromatic carbocycles. The van der Waals surface area contributed by atoms with E-state index in [9.17, 15) is 12.8 Å². The van der Waals surface area contributed by atoms with Gasteiger partial charge in [0.2, 0.25) is 10.0 Å². The first-order valence-electron chi connectivity index (χ1n) is 6.86. The molecule has 1 fully saturated rings. The topological polar surface area (TPSA) is 91.2 Å². The van der Waals surface area contributed by atoms with E-state index in [0.29, 0.717) is 6.61 Å². The molecular weight excluding hydrogens is 309 g/mol. The van der Waals surface area contributed by atoms with Crippen LogP contribution in [0, 0.1) is 17.1 Å². The molecule has 1 heterocycles. The minimum atomic E-state index is -3.82. The largest absolute Gasteiger partial charge is 0.383 e. The van der Waals surface area contributed by atoms with Crippen LogP contribution >= 0.6 is 0 Å². The van der Waals surface area contributed by atoms with Crippen molar-refractivity contribution in [1.82, 2.24) is 10.0 Å². The predicted octanol–water partition coefficient (Wildman–Crippen LogP) is 0.744. The number of hydrogen-bond donors (Lipinski definition) is 2. The number of benzene rings is 1. The van der Waals surface area contributed by atoms with Gasteiger partial charge in [-0.15, -0.1) is 0 Å². The number of halogens is 1. The molecule has 0 bridgehead atoms. The summed E-state index contributed by atoms with van der Waals surface area (Å²) in [7, 11) is -2.25. The molecule has 0 spiro atoms. The third-order valence-electron chi connectivity index (χ3n) is 3.72. The molecule has 1 aliphatic heterocycles. The summed E-state index contributed by atoms with van der Waals surface area (Å²) >= 11 is 0. The van der Waals surface area contributed by atoms with Crippen LogP contribution in [0.3, 0.4) is 0 Å². The summed E-state index contributed by atoms with van der Waals surface area (Å²) < 4.78 is 45.6. The molecule has 1 saturated heterocycles. The van der Waals surface area contributed by atoms with Crippen LogP contribution in [-0.4, -0.2) is 40.8 Å². The van der Waals surface area contributed by atoms with Crippen molar-refractivity contribution in [3.8, 4) is 6.07 Å². The van der Waals surface area contributed by atoms with E-state index in [1.165, 1.54) is 0 Å². The summed E-state index contributed by atoms with van der Waals surface area (Å²) in [6.07, 6.45) is 1.75. The lowest BCUT2D eigenvalue weighted by Crippen LogP contribution is -2.52. The normalized spacial score (nSPS) is 21.7. The fourth-order valence-electron chi connectivity index (χ4n) is 2.54. The van der Waals surface area contributed by atoms with Gasteiger partial charge < -0.3 is 10.1 Å². The van der Waals surface area contributed by atoms with Gasteiger partial charge in [0.15, 0.2) is 0 Å². The van der Waals surface area contributed by atoms with E-state index in [2.05, 4.69) is 10.0 Å². The minimum Gasteiger partial charge on any atom is -0.383 e. The third-order valence-corrected chi connectivity index (χ3v) is 5.12. The Morgan fingerprint density at radius 1 is 1.55 bits per heavy atom. The summed E-state index contributed by atoms with van der Waals surface area (Å²) in [6.45, 7) is 1.37. The Morgan fingerprint density at radius 3 is 2.91 bits per heavy atom. The van der Waals surface area contributed by atoms with Crippen molar-refractivity contribution in [2.75, 3.05) is 26.8 Å². The Bertz CT molecular complexity index is 679. The fraction of sp³-hybridized carbons (Fsp3) is 0.500. The number of hydrogen-bond acceptors (Lipinski definition) is 5. The van der Waals surface area contributed by atoms with E-state index < -0.39 is 21.4 Å². The molecule has 0 aromatic heterocycles. The number of nitrogens with zero attached hydrogens (tertiary/aromatic N) is 1. The van der Waals surface area contributed by atoms with E-state index in [1.54, 1.807) is 13.2 Å².